The molecule has 2 aliphatic heterocycles. The number of fused-ring (bicyclic) bond motifs is 1. The van der Waals surface area contributed by atoms with E-state index < -0.39 is 0 Å². The molecular formula is C18H29N3. The molecule has 1 aromatic rings. The molecule has 0 amide bonds. The SMILES string of the molecule is CCC(N)c1ccc(N2CC3CCCCN3CC2C)cc1. The van der Waals surface area contributed by atoms with Crippen molar-refractivity contribution in [2.24, 2.45) is 5.73 Å². The van der Waals surface area contributed by atoms with Gasteiger partial charge in [-0.2, -0.15) is 0 Å². The van der Waals surface area contributed by atoms with Crippen molar-refractivity contribution < 1.29 is 0 Å². The van der Waals surface area contributed by atoms with Gasteiger partial charge in [-0.15, -0.1) is 0 Å². The van der Waals surface area contributed by atoms with Gasteiger partial charge in [0.1, 0.15) is 0 Å². The van der Waals surface area contributed by atoms with Gasteiger partial charge in [-0.05, 0) is 50.4 Å². The number of rotatable bonds is 3. The van der Waals surface area contributed by atoms with Crippen LogP contribution in [-0.2, 0) is 0 Å². The summed E-state index contributed by atoms with van der Waals surface area (Å²) in [6, 6.07) is 10.5. The molecule has 2 fully saturated rings. The van der Waals surface area contributed by atoms with Gasteiger partial charge in [-0.1, -0.05) is 25.5 Å². The lowest BCUT2D eigenvalue weighted by Crippen LogP contribution is -2.58. The van der Waals surface area contributed by atoms with Gasteiger partial charge in [-0.25, -0.2) is 0 Å². The zero-order valence-corrected chi connectivity index (χ0v) is 13.5. The van der Waals surface area contributed by atoms with Gasteiger partial charge in [-0.3, -0.25) is 4.90 Å². The molecule has 2 saturated heterocycles. The molecule has 0 bridgehead atoms. The van der Waals surface area contributed by atoms with Crippen molar-refractivity contribution in [1.29, 1.82) is 0 Å². The molecule has 0 saturated carbocycles. The fraction of sp³-hybridized carbons (Fsp3) is 0.667. The van der Waals surface area contributed by atoms with Crippen molar-refractivity contribution in [2.75, 3.05) is 24.5 Å². The second-order valence-corrected chi connectivity index (χ2v) is 6.75. The topological polar surface area (TPSA) is 32.5 Å². The Bertz CT molecular complexity index is 456. The highest BCUT2D eigenvalue weighted by atomic mass is 15.3. The van der Waals surface area contributed by atoms with Crippen LogP contribution in [0.2, 0.25) is 0 Å². The van der Waals surface area contributed by atoms with E-state index in [1.165, 1.54) is 50.1 Å². The molecule has 2 N–H and O–H groups in total. The van der Waals surface area contributed by atoms with Crippen LogP contribution in [0.25, 0.3) is 0 Å². The van der Waals surface area contributed by atoms with Gasteiger partial charge in [0.05, 0.1) is 0 Å². The molecule has 3 nitrogen and oxygen atoms in total. The van der Waals surface area contributed by atoms with Crippen LogP contribution < -0.4 is 10.6 Å². The van der Waals surface area contributed by atoms with Gasteiger partial charge in [0, 0.05) is 36.9 Å². The first-order valence-corrected chi connectivity index (χ1v) is 8.55. The molecule has 3 rings (SSSR count). The van der Waals surface area contributed by atoms with Gasteiger partial charge in [0.15, 0.2) is 0 Å². The molecule has 2 heterocycles. The summed E-state index contributed by atoms with van der Waals surface area (Å²) in [5.41, 5.74) is 8.73. The summed E-state index contributed by atoms with van der Waals surface area (Å²) in [6.07, 6.45) is 5.14. The van der Waals surface area contributed by atoms with Crippen LogP contribution in [0.4, 0.5) is 5.69 Å². The zero-order valence-electron chi connectivity index (χ0n) is 13.5. The van der Waals surface area contributed by atoms with Crippen LogP contribution in [0.15, 0.2) is 24.3 Å². The summed E-state index contributed by atoms with van der Waals surface area (Å²) in [6.45, 7) is 8.19. The Balaban J connectivity index is 1.73. The van der Waals surface area contributed by atoms with Gasteiger partial charge in [0.2, 0.25) is 0 Å². The maximum absolute atomic E-state index is 6.12. The first kappa shape index (κ1) is 14.9. The Morgan fingerprint density at radius 2 is 1.95 bits per heavy atom. The van der Waals surface area contributed by atoms with Crippen molar-refractivity contribution in [2.45, 2.75) is 57.7 Å². The largest absolute Gasteiger partial charge is 0.366 e. The van der Waals surface area contributed by atoms with Gasteiger partial charge in [0.25, 0.3) is 0 Å². The van der Waals surface area contributed by atoms with Crippen LogP contribution in [0.1, 0.15) is 51.1 Å². The van der Waals surface area contributed by atoms with Crippen molar-refractivity contribution in [1.82, 2.24) is 4.90 Å². The lowest BCUT2D eigenvalue weighted by atomic mass is 9.96. The lowest BCUT2D eigenvalue weighted by molar-refractivity contribution is 0.115. The van der Waals surface area contributed by atoms with Crippen LogP contribution >= 0.6 is 0 Å². The zero-order chi connectivity index (χ0) is 14.8. The van der Waals surface area contributed by atoms with E-state index in [9.17, 15) is 0 Å². The van der Waals surface area contributed by atoms with Crippen LogP contribution in [0.5, 0.6) is 0 Å². The number of nitrogens with zero attached hydrogens (tertiary/aromatic N) is 2. The second-order valence-electron chi connectivity index (χ2n) is 6.75. The molecule has 1 aromatic carbocycles. The molecule has 3 unspecified atom stereocenters. The molecule has 0 aliphatic carbocycles. The predicted molar refractivity (Wildman–Crippen MR) is 89.7 cm³/mol. The van der Waals surface area contributed by atoms with Crippen molar-refractivity contribution in [3.63, 3.8) is 0 Å². The molecular weight excluding hydrogens is 258 g/mol. The molecule has 3 heteroatoms. The Hall–Kier alpha value is -1.06. The van der Waals surface area contributed by atoms with E-state index in [1.807, 2.05) is 0 Å². The molecule has 2 aliphatic rings. The maximum atomic E-state index is 6.12. The average molecular weight is 287 g/mol. The molecule has 21 heavy (non-hydrogen) atoms. The summed E-state index contributed by atoms with van der Waals surface area (Å²) in [7, 11) is 0. The molecule has 3 atom stereocenters. The summed E-state index contributed by atoms with van der Waals surface area (Å²) in [5.74, 6) is 0. The number of benzene rings is 1. The first-order chi connectivity index (χ1) is 10.2. The number of anilines is 1. The second kappa shape index (κ2) is 6.37. The van der Waals surface area contributed by atoms with E-state index >= 15 is 0 Å². The smallest absolute Gasteiger partial charge is 0.0389 e. The van der Waals surface area contributed by atoms with Crippen LogP contribution in [0, 0.1) is 0 Å². The van der Waals surface area contributed by atoms with Gasteiger partial charge >= 0.3 is 0 Å². The summed E-state index contributed by atoms with van der Waals surface area (Å²) >= 11 is 0. The van der Waals surface area contributed by atoms with E-state index in [0.717, 1.165) is 12.5 Å². The van der Waals surface area contributed by atoms with Crippen molar-refractivity contribution >= 4 is 5.69 Å². The Kier molecular flexibility index (Phi) is 4.51. The minimum atomic E-state index is 0.173. The maximum Gasteiger partial charge on any atom is 0.0389 e. The highest BCUT2D eigenvalue weighted by molar-refractivity contribution is 5.49. The number of piperidine rings is 1. The molecule has 0 aromatic heterocycles. The highest BCUT2D eigenvalue weighted by Gasteiger charge is 2.32. The minimum Gasteiger partial charge on any atom is -0.366 e. The third-order valence-corrected chi connectivity index (χ3v) is 5.28. The van der Waals surface area contributed by atoms with Crippen molar-refractivity contribution in [3.8, 4) is 0 Å². The molecule has 0 radical (unpaired) electrons. The summed E-state index contributed by atoms with van der Waals surface area (Å²) in [5, 5.41) is 0. The number of nitrogens with two attached hydrogens (primary N) is 1. The lowest BCUT2D eigenvalue weighted by Gasteiger charge is -2.48. The summed E-state index contributed by atoms with van der Waals surface area (Å²) < 4.78 is 0. The normalized spacial score (nSPS) is 28.2. The molecule has 116 valence electrons. The average Bonchev–Trinajstić information content (AvgIpc) is 2.53. The minimum absolute atomic E-state index is 0.173. The number of piperazine rings is 1. The number of hydrogen-bond donors (Lipinski definition) is 1. The fourth-order valence-electron chi connectivity index (χ4n) is 3.86. The van der Waals surface area contributed by atoms with Crippen LogP contribution in [-0.4, -0.2) is 36.6 Å². The van der Waals surface area contributed by atoms with E-state index in [4.69, 9.17) is 5.73 Å². The fourth-order valence-corrected chi connectivity index (χ4v) is 3.86. The third kappa shape index (κ3) is 3.09. The first-order valence-electron chi connectivity index (χ1n) is 8.55. The Morgan fingerprint density at radius 3 is 2.67 bits per heavy atom. The standard InChI is InChI=1S/C18H29N3/c1-3-18(19)15-7-9-16(10-8-15)21-13-17-6-4-5-11-20(17)12-14(21)2/h7-10,14,17-18H,3-6,11-13,19H2,1-2H3. The van der Waals surface area contributed by atoms with E-state index in [0.29, 0.717) is 6.04 Å². The quantitative estimate of drug-likeness (QED) is 0.927. The van der Waals surface area contributed by atoms with E-state index in [1.54, 1.807) is 0 Å². The third-order valence-electron chi connectivity index (χ3n) is 5.28. The predicted octanol–water partition coefficient (Wildman–Crippen LogP) is 3.16. The number of hydrogen-bond acceptors (Lipinski definition) is 3. The van der Waals surface area contributed by atoms with Gasteiger partial charge < -0.3 is 10.6 Å². The summed E-state index contributed by atoms with van der Waals surface area (Å²) in [4.78, 5) is 5.29. The molecule has 0 spiro atoms. The highest BCUT2D eigenvalue weighted by Crippen LogP contribution is 2.29. The Labute approximate surface area is 129 Å². The van der Waals surface area contributed by atoms with Crippen molar-refractivity contribution in [3.05, 3.63) is 29.8 Å². The van der Waals surface area contributed by atoms with Crippen LogP contribution in [0.3, 0.4) is 0 Å². The van der Waals surface area contributed by atoms with E-state index in [2.05, 4.69) is 47.9 Å². The Morgan fingerprint density at radius 1 is 1.19 bits per heavy atom. The van der Waals surface area contributed by atoms with E-state index in [-0.39, 0.29) is 6.04 Å². The monoisotopic (exact) mass is 287 g/mol.